The van der Waals surface area contributed by atoms with E-state index in [9.17, 15) is 14.4 Å². The normalized spacial score (nSPS) is 22.0. The van der Waals surface area contributed by atoms with Crippen LogP contribution < -0.4 is 0 Å². The van der Waals surface area contributed by atoms with Crippen LogP contribution in [-0.4, -0.2) is 82.5 Å². The lowest BCUT2D eigenvalue weighted by Crippen LogP contribution is -2.48. The van der Waals surface area contributed by atoms with Gasteiger partial charge in [-0.2, -0.15) is 5.10 Å². The summed E-state index contributed by atoms with van der Waals surface area (Å²) in [6, 6.07) is 16.8. The van der Waals surface area contributed by atoms with Crippen LogP contribution >= 0.6 is 0 Å². The molecule has 5 rings (SSSR count). The molecule has 0 aliphatic carbocycles. The number of likely N-dealkylation sites (tertiary alicyclic amines) is 2. The molecule has 0 spiro atoms. The van der Waals surface area contributed by atoms with Crippen LogP contribution in [0.2, 0.25) is 0 Å². The molecule has 2 atom stereocenters. The molecule has 8 nitrogen and oxygen atoms in total. The number of aryl methyl sites for hydroxylation is 1. The third kappa shape index (κ3) is 3.28. The summed E-state index contributed by atoms with van der Waals surface area (Å²) in [5.74, 6) is -0.423. The highest BCUT2D eigenvalue weighted by atomic mass is 16.2. The summed E-state index contributed by atoms with van der Waals surface area (Å²) >= 11 is 0. The van der Waals surface area contributed by atoms with Crippen LogP contribution in [0.3, 0.4) is 0 Å². The van der Waals surface area contributed by atoms with E-state index in [1.54, 1.807) is 45.6 Å². The quantitative estimate of drug-likeness (QED) is 0.617. The number of nitrogens with zero attached hydrogens (tertiary/aromatic N) is 5. The summed E-state index contributed by atoms with van der Waals surface area (Å²) in [5, 5.41) is 5.28. The van der Waals surface area contributed by atoms with Gasteiger partial charge in [0.25, 0.3) is 11.8 Å². The lowest BCUT2D eigenvalue weighted by molar-refractivity contribution is -0.139. The van der Waals surface area contributed by atoms with Crippen LogP contribution in [0.5, 0.6) is 0 Å². The first-order valence-corrected chi connectivity index (χ1v) is 11.1. The first kappa shape index (κ1) is 21.2. The minimum Gasteiger partial charge on any atom is -0.348 e. The van der Waals surface area contributed by atoms with Gasteiger partial charge in [-0.15, -0.1) is 0 Å². The number of rotatable bonds is 3. The average Bonchev–Trinajstić information content (AvgIpc) is 3.47. The van der Waals surface area contributed by atoms with Crippen LogP contribution in [0.15, 0.2) is 54.6 Å². The zero-order chi connectivity index (χ0) is 23.3. The number of aromatic nitrogens is 2. The number of benzene rings is 2. The number of hydrogen-bond acceptors (Lipinski definition) is 4. The topological polar surface area (TPSA) is 78.8 Å². The number of carbonyl (C=O) groups is 3. The summed E-state index contributed by atoms with van der Waals surface area (Å²) in [6.45, 7) is 1.44. The SMILES string of the molecule is CN(C)C(=O)C12CN(C(=O)c3ccccc3)CC1CN(C(=O)c1nn(C)c3ccccc13)C2. The van der Waals surface area contributed by atoms with Crippen molar-refractivity contribution < 1.29 is 14.4 Å². The number of hydrogen-bond donors (Lipinski definition) is 0. The van der Waals surface area contributed by atoms with Crippen molar-refractivity contribution in [2.24, 2.45) is 18.4 Å². The molecular weight excluding hydrogens is 418 g/mol. The third-order valence-electron chi connectivity index (χ3n) is 7.00. The Hall–Kier alpha value is -3.68. The minimum atomic E-state index is -0.811. The van der Waals surface area contributed by atoms with Crippen molar-refractivity contribution in [2.75, 3.05) is 40.3 Å². The average molecular weight is 446 g/mol. The van der Waals surface area contributed by atoms with Gasteiger partial charge in [0.15, 0.2) is 5.69 Å². The van der Waals surface area contributed by atoms with Gasteiger partial charge in [0.2, 0.25) is 5.91 Å². The van der Waals surface area contributed by atoms with E-state index in [2.05, 4.69) is 5.10 Å². The molecule has 2 saturated heterocycles. The Balaban J connectivity index is 1.44. The van der Waals surface area contributed by atoms with Crippen LogP contribution in [0.25, 0.3) is 10.9 Å². The first-order chi connectivity index (χ1) is 15.8. The molecule has 2 aliphatic rings. The molecular formula is C25H27N5O3. The van der Waals surface area contributed by atoms with E-state index in [-0.39, 0.29) is 30.2 Å². The molecule has 2 fully saturated rings. The molecule has 3 heterocycles. The van der Waals surface area contributed by atoms with E-state index in [0.29, 0.717) is 30.9 Å². The maximum Gasteiger partial charge on any atom is 0.275 e. The van der Waals surface area contributed by atoms with Crippen LogP contribution in [0.4, 0.5) is 0 Å². The first-order valence-electron chi connectivity index (χ1n) is 11.1. The van der Waals surface area contributed by atoms with Crippen molar-refractivity contribution in [3.63, 3.8) is 0 Å². The molecule has 0 N–H and O–H groups in total. The lowest BCUT2D eigenvalue weighted by atomic mass is 9.80. The van der Waals surface area contributed by atoms with Crippen molar-refractivity contribution in [3.8, 4) is 0 Å². The van der Waals surface area contributed by atoms with Gasteiger partial charge < -0.3 is 14.7 Å². The van der Waals surface area contributed by atoms with Crippen molar-refractivity contribution in [1.29, 1.82) is 0 Å². The van der Waals surface area contributed by atoms with Crippen LogP contribution in [0.1, 0.15) is 20.8 Å². The van der Waals surface area contributed by atoms with E-state index in [1.807, 2.05) is 49.5 Å². The highest BCUT2D eigenvalue weighted by molar-refractivity contribution is 6.05. The van der Waals surface area contributed by atoms with E-state index < -0.39 is 5.41 Å². The Morgan fingerprint density at radius 3 is 2.18 bits per heavy atom. The zero-order valence-electron chi connectivity index (χ0n) is 19.1. The van der Waals surface area contributed by atoms with Crippen LogP contribution in [0, 0.1) is 11.3 Å². The summed E-state index contributed by atoms with van der Waals surface area (Å²) < 4.78 is 1.71. The highest BCUT2D eigenvalue weighted by Crippen LogP contribution is 2.44. The molecule has 2 unspecified atom stereocenters. The monoisotopic (exact) mass is 445 g/mol. The summed E-state index contributed by atoms with van der Waals surface area (Å²) in [7, 11) is 5.28. The second-order valence-electron chi connectivity index (χ2n) is 9.28. The van der Waals surface area contributed by atoms with Crippen LogP contribution in [-0.2, 0) is 11.8 Å². The molecule has 0 saturated carbocycles. The Morgan fingerprint density at radius 2 is 1.52 bits per heavy atom. The predicted molar refractivity (Wildman–Crippen MR) is 124 cm³/mol. The Bertz CT molecular complexity index is 1250. The van der Waals surface area contributed by atoms with Crippen molar-refractivity contribution >= 4 is 28.6 Å². The number of amides is 3. The fraction of sp³-hybridized carbons (Fsp3) is 0.360. The van der Waals surface area contributed by atoms with Crippen molar-refractivity contribution in [2.45, 2.75) is 0 Å². The Kier molecular flexibility index (Phi) is 4.96. The molecule has 0 radical (unpaired) electrons. The maximum atomic E-state index is 13.5. The summed E-state index contributed by atoms with van der Waals surface area (Å²) in [4.78, 5) is 45.1. The second kappa shape index (κ2) is 7.72. The van der Waals surface area contributed by atoms with Crippen molar-refractivity contribution in [3.05, 3.63) is 65.9 Å². The molecule has 2 aliphatic heterocycles. The smallest absolute Gasteiger partial charge is 0.275 e. The Morgan fingerprint density at radius 1 is 0.909 bits per heavy atom. The van der Waals surface area contributed by atoms with Crippen molar-refractivity contribution in [1.82, 2.24) is 24.5 Å². The molecule has 3 aromatic rings. The molecule has 2 aromatic carbocycles. The van der Waals surface area contributed by atoms with E-state index in [4.69, 9.17) is 0 Å². The van der Waals surface area contributed by atoms with Gasteiger partial charge in [0, 0.05) is 64.2 Å². The summed E-state index contributed by atoms with van der Waals surface area (Å²) in [5.41, 5.74) is 1.09. The highest BCUT2D eigenvalue weighted by Gasteiger charge is 2.59. The van der Waals surface area contributed by atoms with Gasteiger partial charge >= 0.3 is 0 Å². The van der Waals surface area contributed by atoms with Gasteiger partial charge in [-0.25, -0.2) is 0 Å². The van der Waals surface area contributed by atoms with Gasteiger partial charge in [-0.3, -0.25) is 19.1 Å². The van der Waals surface area contributed by atoms with E-state index in [0.717, 1.165) is 10.9 Å². The fourth-order valence-corrected chi connectivity index (χ4v) is 5.41. The molecule has 1 aromatic heterocycles. The minimum absolute atomic E-state index is 0.0444. The second-order valence-corrected chi connectivity index (χ2v) is 9.28. The predicted octanol–water partition coefficient (Wildman–Crippen LogP) is 1.88. The molecule has 8 heteroatoms. The molecule has 3 amide bonds. The maximum absolute atomic E-state index is 13.5. The number of carbonyl (C=O) groups excluding carboxylic acids is 3. The van der Waals surface area contributed by atoms with E-state index in [1.165, 1.54) is 0 Å². The third-order valence-corrected chi connectivity index (χ3v) is 7.00. The molecule has 33 heavy (non-hydrogen) atoms. The standard InChI is InChI=1S/C25H27N5O3/c1-27(2)24(33)25-15-29(22(31)17-9-5-4-6-10-17)13-18(25)14-30(16-25)23(32)21-19-11-7-8-12-20(19)28(3)26-21/h4-12,18H,13-16H2,1-3H3. The lowest BCUT2D eigenvalue weighted by Gasteiger charge is -2.30. The van der Waals surface area contributed by atoms with E-state index >= 15 is 0 Å². The van der Waals surface area contributed by atoms with Gasteiger partial charge in [-0.05, 0) is 18.2 Å². The number of fused-ring (bicyclic) bond motifs is 2. The van der Waals surface area contributed by atoms with Gasteiger partial charge in [-0.1, -0.05) is 36.4 Å². The molecule has 170 valence electrons. The largest absolute Gasteiger partial charge is 0.348 e. The fourth-order valence-electron chi connectivity index (χ4n) is 5.41. The number of para-hydroxylation sites is 1. The van der Waals surface area contributed by atoms with Gasteiger partial charge in [0.05, 0.1) is 10.9 Å². The molecule has 0 bridgehead atoms. The Labute approximate surface area is 192 Å². The van der Waals surface area contributed by atoms with Gasteiger partial charge in [0.1, 0.15) is 0 Å². The summed E-state index contributed by atoms with van der Waals surface area (Å²) in [6.07, 6.45) is 0. The zero-order valence-corrected chi connectivity index (χ0v) is 19.1.